The highest BCUT2D eigenvalue weighted by Crippen LogP contribution is 2.33. The number of rotatable bonds is 4. The number of carbonyl (C=O) groups is 1. The molecule has 0 aliphatic carbocycles. The molecule has 0 radical (unpaired) electrons. The van der Waals surface area contributed by atoms with Gasteiger partial charge in [-0.2, -0.15) is 0 Å². The standard InChI is InChI=1S/C13H18N2O3/c1-17-11-4-2-3-10-9(11)5-8-18-12(10)13(16)15-7-6-14/h2-4,12H,5-8,14H2,1H3,(H,15,16)/p+1. The second-order valence-electron chi connectivity index (χ2n) is 4.17. The van der Waals surface area contributed by atoms with Gasteiger partial charge in [0, 0.05) is 5.56 Å². The number of hydrogen-bond donors (Lipinski definition) is 2. The third-order valence-corrected chi connectivity index (χ3v) is 3.02. The fourth-order valence-corrected chi connectivity index (χ4v) is 2.18. The van der Waals surface area contributed by atoms with Crippen molar-refractivity contribution in [2.24, 2.45) is 0 Å². The van der Waals surface area contributed by atoms with Crippen LogP contribution in [0.4, 0.5) is 0 Å². The van der Waals surface area contributed by atoms with Crippen LogP contribution in [-0.2, 0) is 16.0 Å². The Morgan fingerprint density at radius 2 is 2.44 bits per heavy atom. The summed E-state index contributed by atoms with van der Waals surface area (Å²) >= 11 is 0. The van der Waals surface area contributed by atoms with Crippen molar-refractivity contribution < 1.29 is 20.0 Å². The van der Waals surface area contributed by atoms with Crippen molar-refractivity contribution in [3.8, 4) is 5.75 Å². The Labute approximate surface area is 106 Å². The molecule has 1 aliphatic heterocycles. The molecule has 1 aromatic rings. The first-order chi connectivity index (χ1) is 8.77. The Bertz CT molecular complexity index is 434. The smallest absolute Gasteiger partial charge is 0.253 e. The first-order valence-corrected chi connectivity index (χ1v) is 6.12. The number of methoxy groups -OCH3 is 1. The Morgan fingerprint density at radius 3 is 3.17 bits per heavy atom. The van der Waals surface area contributed by atoms with Crippen molar-refractivity contribution in [1.82, 2.24) is 5.32 Å². The predicted molar refractivity (Wildman–Crippen MR) is 66.2 cm³/mol. The summed E-state index contributed by atoms with van der Waals surface area (Å²) in [5, 5.41) is 2.81. The zero-order valence-corrected chi connectivity index (χ0v) is 10.6. The van der Waals surface area contributed by atoms with E-state index in [1.54, 1.807) is 7.11 Å². The molecule has 5 heteroatoms. The number of ether oxygens (including phenoxy) is 2. The topological polar surface area (TPSA) is 75.2 Å². The van der Waals surface area contributed by atoms with Crippen molar-refractivity contribution in [2.75, 3.05) is 26.8 Å². The second kappa shape index (κ2) is 5.84. The van der Waals surface area contributed by atoms with E-state index in [1.807, 2.05) is 18.2 Å². The minimum absolute atomic E-state index is 0.104. The summed E-state index contributed by atoms with van der Waals surface area (Å²) in [7, 11) is 1.64. The van der Waals surface area contributed by atoms with Gasteiger partial charge in [0.1, 0.15) is 5.75 Å². The molecule has 5 nitrogen and oxygen atoms in total. The third-order valence-electron chi connectivity index (χ3n) is 3.02. The molecule has 1 unspecified atom stereocenters. The molecule has 0 saturated carbocycles. The first-order valence-electron chi connectivity index (χ1n) is 6.12. The maximum Gasteiger partial charge on any atom is 0.253 e. The van der Waals surface area contributed by atoms with Crippen LogP contribution in [0, 0.1) is 0 Å². The average Bonchev–Trinajstić information content (AvgIpc) is 2.43. The van der Waals surface area contributed by atoms with E-state index in [2.05, 4.69) is 11.1 Å². The fourth-order valence-electron chi connectivity index (χ4n) is 2.18. The Balaban J connectivity index is 2.25. The maximum atomic E-state index is 12.0. The number of carbonyl (C=O) groups excluding carboxylic acids is 1. The van der Waals surface area contributed by atoms with Gasteiger partial charge in [0.2, 0.25) is 0 Å². The van der Waals surface area contributed by atoms with Crippen LogP contribution in [0.15, 0.2) is 18.2 Å². The number of amides is 1. The largest absolute Gasteiger partial charge is 0.496 e. The van der Waals surface area contributed by atoms with Gasteiger partial charge in [-0.25, -0.2) is 0 Å². The number of nitrogens with one attached hydrogen (secondary N) is 1. The lowest BCUT2D eigenvalue weighted by Gasteiger charge is -2.26. The zero-order chi connectivity index (χ0) is 13.0. The molecule has 0 aromatic heterocycles. The summed E-state index contributed by atoms with van der Waals surface area (Å²) in [6, 6.07) is 5.72. The fraction of sp³-hybridized carbons (Fsp3) is 0.462. The molecular formula is C13H19N2O3+. The molecule has 0 saturated heterocycles. The van der Waals surface area contributed by atoms with Gasteiger partial charge in [0.25, 0.3) is 5.91 Å². The summed E-state index contributed by atoms with van der Waals surface area (Å²) in [6.07, 6.45) is 0.244. The molecule has 1 atom stereocenters. The van der Waals surface area contributed by atoms with E-state index in [9.17, 15) is 4.79 Å². The highest BCUT2D eigenvalue weighted by molar-refractivity contribution is 5.83. The molecular weight excluding hydrogens is 232 g/mol. The minimum atomic E-state index is -0.532. The van der Waals surface area contributed by atoms with Crippen molar-refractivity contribution in [3.05, 3.63) is 29.3 Å². The van der Waals surface area contributed by atoms with E-state index in [0.717, 1.165) is 23.3 Å². The molecule has 98 valence electrons. The van der Waals surface area contributed by atoms with Gasteiger partial charge >= 0.3 is 0 Å². The van der Waals surface area contributed by atoms with Gasteiger partial charge < -0.3 is 20.5 Å². The van der Waals surface area contributed by atoms with Crippen LogP contribution in [0.2, 0.25) is 0 Å². The summed E-state index contributed by atoms with van der Waals surface area (Å²) in [4.78, 5) is 12.0. The van der Waals surface area contributed by atoms with Crippen molar-refractivity contribution in [3.63, 3.8) is 0 Å². The van der Waals surface area contributed by atoms with Gasteiger partial charge in [-0.1, -0.05) is 12.1 Å². The quantitative estimate of drug-likeness (QED) is 0.769. The Hall–Kier alpha value is -1.59. The molecule has 4 N–H and O–H groups in total. The lowest BCUT2D eigenvalue weighted by atomic mass is 9.96. The molecule has 1 amide bonds. The monoisotopic (exact) mass is 251 g/mol. The van der Waals surface area contributed by atoms with Gasteiger partial charge in [-0.15, -0.1) is 0 Å². The number of quaternary nitrogens is 1. The lowest BCUT2D eigenvalue weighted by Crippen LogP contribution is -2.55. The average molecular weight is 251 g/mol. The van der Waals surface area contributed by atoms with E-state index in [-0.39, 0.29) is 5.91 Å². The first kappa shape index (κ1) is 12.9. The van der Waals surface area contributed by atoms with Crippen LogP contribution in [-0.4, -0.2) is 32.7 Å². The lowest BCUT2D eigenvalue weighted by molar-refractivity contribution is -0.364. The van der Waals surface area contributed by atoms with Crippen molar-refractivity contribution >= 4 is 5.91 Å². The van der Waals surface area contributed by atoms with Crippen molar-refractivity contribution in [1.29, 1.82) is 0 Å². The molecule has 1 heterocycles. The third kappa shape index (κ3) is 2.47. The zero-order valence-electron chi connectivity index (χ0n) is 10.6. The van der Waals surface area contributed by atoms with E-state index < -0.39 is 6.10 Å². The predicted octanol–water partition coefficient (Wildman–Crippen LogP) is -0.333. The normalized spacial score (nSPS) is 18.0. The summed E-state index contributed by atoms with van der Waals surface area (Å²) in [5.41, 5.74) is 5.67. The summed E-state index contributed by atoms with van der Waals surface area (Å²) in [6.45, 7) is 1.78. The molecule has 0 spiro atoms. The SMILES string of the molecule is COc1cccc2c1CCOC2C(=O)NCC[NH3+]. The number of benzene rings is 1. The van der Waals surface area contributed by atoms with Gasteiger partial charge in [0.15, 0.2) is 6.10 Å². The summed E-state index contributed by atoms with van der Waals surface area (Å²) < 4.78 is 10.9. The van der Waals surface area contributed by atoms with Crippen LogP contribution in [0.5, 0.6) is 5.75 Å². The number of fused-ring (bicyclic) bond motifs is 1. The Kier molecular flexibility index (Phi) is 4.17. The van der Waals surface area contributed by atoms with Gasteiger partial charge in [-0.05, 0) is 18.1 Å². The molecule has 1 aliphatic rings. The van der Waals surface area contributed by atoms with Crippen LogP contribution in [0.1, 0.15) is 17.2 Å². The van der Waals surface area contributed by atoms with Gasteiger partial charge in [0.05, 0.1) is 26.8 Å². The highest BCUT2D eigenvalue weighted by Gasteiger charge is 2.28. The highest BCUT2D eigenvalue weighted by atomic mass is 16.5. The second-order valence-corrected chi connectivity index (χ2v) is 4.17. The van der Waals surface area contributed by atoms with E-state index in [0.29, 0.717) is 19.7 Å². The molecule has 0 fully saturated rings. The molecule has 1 aromatic carbocycles. The maximum absolute atomic E-state index is 12.0. The van der Waals surface area contributed by atoms with E-state index in [4.69, 9.17) is 9.47 Å². The molecule has 2 rings (SSSR count). The van der Waals surface area contributed by atoms with E-state index in [1.165, 1.54) is 0 Å². The minimum Gasteiger partial charge on any atom is -0.496 e. The van der Waals surface area contributed by atoms with Crippen LogP contribution in [0.25, 0.3) is 0 Å². The molecule has 0 bridgehead atoms. The number of hydrogen-bond acceptors (Lipinski definition) is 3. The molecule has 18 heavy (non-hydrogen) atoms. The van der Waals surface area contributed by atoms with E-state index >= 15 is 0 Å². The Morgan fingerprint density at radius 1 is 1.61 bits per heavy atom. The van der Waals surface area contributed by atoms with Gasteiger partial charge in [-0.3, -0.25) is 4.79 Å². The van der Waals surface area contributed by atoms with Crippen molar-refractivity contribution in [2.45, 2.75) is 12.5 Å². The summed E-state index contributed by atoms with van der Waals surface area (Å²) in [5.74, 6) is 0.721. The van der Waals surface area contributed by atoms with Crippen LogP contribution in [0.3, 0.4) is 0 Å². The van der Waals surface area contributed by atoms with Crippen LogP contribution < -0.4 is 15.8 Å². The van der Waals surface area contributed by atoms with Crippen LogP contribution >= 0.6 is 0 Å².